The van der Waals surface area contributed by atoms with Crippen LogP contribution in [0.4, 0.5) is 4.79 Å². The van der Waals surface area contributed by atoms with Gasteiger partial charge in [0.1, 0.15) is 56.7 Å². The number of methoxy groups -OCH3 is 2. The first-order valence-corrected chi connectivity index (χ1v) is 24.1. The van der Waals surface area contributed by atoms with Crippen LogP contribution >= 0.6 is 23.2 Å². The van der Waals surface area contributed by atoms with E-state index in [4.69, 9.17) is 56.4 Å². The van der Waals surface area contributed by atoms with Crippen LogP contribution in [0, 0.1) is 11.8 Å². The van der Waals surface area contributed by atoms with Gasteiger partial charge in [-0.1, -0.05) is 35.4 Å². The van der Waals surface area contributed by atoms with E-state index in [1.165, 1.54) is 4.90 Å². The van der Waals surface area contributed by atoms with E-state index in [1.54, 1.807) is 79.2 Å². The molecule has 71 heavy (non-hydrogen) atoms. The second-order valence-corrected chi connectivity index (χ2v) is 19.5. The molecule has 4 fully saturated rings. The standard InChI is InChI=1S/C28H34ClN3O7.C23H26ClN3O5/c1-7-17-14-28(17,25(34)37-8-2)31-23(33)21-13-19(15-32(21)26(35)39-27(3,4)5)38-24-20-10-9-18(36-6)11-16(20)12-22(29)30-24;1-4-14-11-23(14,22(29)31-5-2)27-20(28)18-10-16(12-25-18)32-21-17-7-6-15(30-3)8-13(17)9-19(24)26-21/h7,9-12,17,19,21H,1,8,13-15H2,2-6H3,(H,31,33);4,6-9,14,16,18,25H,1,5,10-12H2,2-3H3,(H,27,28)/t17-,19-,21+,28-;14-,16-,18+,23-/m11/s1. The average molecular weight is 1020 g/mol. The SMILES string of the molecule is C=C[C@@H]1C[C@]1(NC(=O)[C@@H]1C[C@@H](Oc2nc(Cl)cc3cc(OC)ccc23)CN1)C(=O)OCC.C=C[C@@H]1C[C@]1(NC(=O)[C@@H]1C[C@@H](Oc2nc(Cl)cc3cc(OC)ccc23)CN1C(=O)OC(C)(C)C)C(=O)OCC. The summed E-state index contributed by atoms with van der Waals surface area (Å²) in [5.74, 6) is -0.0681. The highest BCUT2D eigenvalue weighted by atomic mass is 35.5. The Morgan fingerprint density at radius 3 is 1.70 bits per heavy atom. The van der Waals surface area contributed by atoms with E-state index in [9.17, 15) is 24.0 Å². The predicted octanol–water partition coefficient (Wildman–Crippen LogP) is 6.91. The van der Waals surface area contributed by atoms with Gasteiger partial charge in [-0.2, -0.15) is 0 Å². The second-order valence-electron chi connectivity index (χ2n) is 18.7. The highest BCUT2D eigenvalue weighted by Gasteiger charge is 2.63. The highest BCUT2D eigenvalue weighted by molar-refractivity contribution is 6.30. The number of carbonyl (C=O) groups is 5. The summed E-state index contributed by atoms with van der Waals surface area (Å²) >= 11 is 12.4. The van der Waals surface area contributed by atoms with Crippen molar-refractivity contribution in [3.63, 3.8) is 0 Å². The number of hydrogen-bond acceptors (Lipinski definition) is 15. The smallest absolute Gasteiger partial charge is 0.411 e. The summed E-state index contributed by atoms with van der Waals surface area (Å²) in [6.07, 6.45) is 3.20. The molecule has 0 unspecified atom stereocenters. The molecule has 18 nitrogen and oxygen atoms in total. The molecule has 2 aliphatic carbocycles. The van der Waals surface area contributed by atoms with Crippen LogP contribution in [0.25, 0.3) is 21.5 Å². The van der Waals surface area contributed by atoms with E-state index < -0.39 is 58.8 Å². The molecule has 2 aliphatic heterocycles. The lowest BCUT2D eigenvalue weighted by Crippen LogP contribution is -2.53. The summed E-state index contributed by atoms with van der Waals surface area (Å²) in [7, 11) is 3.17. The normalized spacial score (nSPS) is 25.2. The number of aromatic nitrogens is 2. The quantitative estimate of drug-likeness (QED) is 0.0450. The summed E-state index contributed by atoms with van der Waals surface area (Å²) in [5.41, 5.74) is -2.99. The number of benzene rings is 2. The maximum Gasteiger partial charge on any atom is 0.411 e. The zero-order valence-electron chi connectivity index (χ0n) is 40.8. The number of pyridine rings is 2. The fourth-order valence-corrected chi connectivity index (χ4v) is 9.26. The van der Waals surface area contributed by atoms with Crippen molar-refractivity contribution in [1.29, 1.82) is 0 Å². The molecular formula is C51H60Cl2N6O12. The van der Waals surface area contributed by atoms with Gasteiger partial charge >= 0.3 is 18.0 Å². The molecule has 4 aliphatic rings. The summed E-state index contributed by atoms with van der Waals surface area (Å²) in [6.45, 7) is 17.1. The number of amides is 3. The Morgan fingerprint density at radius 1 is 0.761 bits per heavy atom. The zero-order chi connectivity index (χ0) is 51.4. The maximum atomic E-state index is 13.6. The third kappa shape index (κ3) is 11.7. The van der Waals surface area contributed by atoms with Gasteiger partial charge in [0.25, 0.3) is 0 Å². The number of nitrogens with zero attached hydrogens (tertiary/aromatic N) is 3. The van der Waals surface area contributed by atoms with Gasteiger partial charge < -0.3 is 49.1 Å². The van der Waals surface area contributed by atoms with Crippen LogP contribution in [-0.4, -0.2) is 126 Å². The fourth-order valence-electron chi connectivity index (χ4n) is 8.88. The van der Waals surface area contributed by atoms with Crippen molar-refractivity contribution < 1.29 is 57.1 Å². The van der Waals surface area contributed by atoms with Gasteiger partial charge in [0.15, 0.2) is 0 Å². The van der Waals surface area contributed by atoms with Crippen molar-refractivity contribution >= 4 is 74.6 Å². The molecule has 380 valence electrons. The third-order valence-corrected chi connectivity index (χ3v) is 13.1. The zero-order valence-corrected chi connectivity index (χ0v) is 42.3. The number of esters is 2. The van der Waals surface area contributed by atoms with Crippen LogP contribution in [0.1, 0.15) is 60.3 Å². The number of carbonyl (C=O) groups excluding carboxylic acids is 5. The minimum Gasteiger partial charge on any atom is -0.497 e. The van der Waals surface area contributed by atoms with E-state index >= 15 is 0 Å². The Hall–Kier alpha value is -6.37. The van der Waals surface area contributed by atoms with Crippen molar-refractivity contribution in [1.82, 2.24) is 30.8 Å². The lowest BCUT2D eigenvalue weighted by atomic mass is 10.1. The summed E-state index contributed by atoms with van der Waals surface area (Å²) in [5, 5.41) is 12.5. The monoisotopic (exact) mass is 1020 g/mol. The maximum absolute atomic E-state index is 13.6. The Kier molecular flexibility index (Phi) is 15.9. The number of likely N-dealkylation sites (tertiary alicyclic amines) is 1. The first kappa shape index (κ1) is 52.5. The Bertz CT molecular complexity index is 2720. The molecular weight excluding hydrogens is 959 g/mol. The molecule has 4 heterocycles. The number of fused-ring (bicyclic) bond motifs is 2. The molecule has 3 N–H and O–H groups in total. The number of nitrogens with one attached hydrogen (secondary N) is 3. The van der Waals surface area contributed by atoms with Crippen LogP contribution < -0.4 is 34.9 Å². The fraction of sp³-hybridized carbons (Fsp3) is 0.471. The molecule has 2 aromatic heterocycles. The van der Waals surface area contributed by atoms with E-state index in [2.05, 4.69) is 39.1 Å². The lowest BCUT2D eigenvalue weighted by Gasteiger charge is -2.28. The Balaban J connectivity index is 0.000000213. The molecule has 0 spiro atoms. The van der Waals surface area contributed by atoms with Crippen molar-refractivity contribution in [2.75, 3.05) is 40.5 Å². The van der Waals surface area contributed by atoms with Gasteiger partial charge in [0.05, 0.1) is 40.0 Å². The number of rotatable bonds is 16. The molecule has 8 rings (SSSR count). The van der Waals surface area contributed by atoms with Crippen LogP contribution in [0.5, 0.6) is 23.3 Å². The molecule has 2 saturated heterocycles. The first-order chi connectivity index (χ1) is 33.8. The summed E-state index contributed by atoms with van der Waals surface area (Å²) < 4.78 is 38.9. The molecule has 0 bridgehead atoms. The third-order valence-electron chi connectivity index (χ3n) is 12.7. The number of hydrogen-bond donors (Lipinski definition) is 3. The average Bonchev–Trinajstić information content (AvgIpc) is 4.09. The van der Waals surface area contributed by atoms with Crippen LogP contribution in [0.15, 0.2) is 73.8 Å². The van der Waals surface area contributed by atoms with Gasteiger partial charge in [0.2, 0.25) is 23.6 Å². The molecule has 4 aromatic rings. The molecule has 3 amide bonds. The van der Waals surface area contributed by atoms with Crippen LogP contribution in [0.3, 0.4) is 0 Å². The Morgan fingerprint density at radius 2 is 1.25 bits per heavy atom. The van der Waals surface area contributed by atoms with Crippen molar-refractivity contribution in [3.05, 3.63) is 84.1 Å². The topological polar surface area (TPSA) is 215 Å². The van der Waals surface area contributed by atoms with Crippen molar-refractivity contribution in [3.8, 4) is 23.3 Å². The predicted molar refractivity (Wildman–Crippen MR) is 265 cm³/mol. The highest BCUT2D eigenvalue weighted by Crippen LogP contribution is 2.47. The van der Waals surface area contributed by atoms with Crippen molar-refractivity contribution in [2.45, 2.75) is 101 Å². The second kappa shape index (κ2) is 21.5. The van der Waals surface area contributed by atoms with Crippen LogP contribution in [0.2, 0.25) is 10.3 Å². The van der Waals surface area contributed by atoms with Gasteiger partial charge in [-0.05, 0) is 107 Å². The van der Waals surface area contributed by atoms with Crippen molar-refractivity contribution in [2.24, 2.45) is 11.8 Å². The van der Waals surface area contributed by atoms with Gasteiger partial charge in [-0.3, -0.25) is 14.5 Å². The van der Waals surface area contributed by atoms with Gasteiger partial charge in [-0.15, -0.1) is 13.2 Å². The minimum absolute atomic E-state index is 0.0656. The number of halogens is 2. The largest absolute Gasteiger partial charge is 0.497 e. The lowest BCUT2D eigenvalue weighted by molar-refractivity contribution is -0.149. The van der Waals surface area contributed by atoms with Crippen LogP contribution in [-0.2, 0) is 33.4 Å². The minimum atomic E-state index is -1.20. The molecule has 2 aromatic carbocycles. The van der Waals surface area contributed by atoms with E-state index in [-0.39, 0.29) is 61.1 Å². The molecule has 20 heteroatoms. The molecule has 2 saturated carbocycles. The van der Waals surface area contributed by atoms with E-state index in [1.807, 2.05) is 30.3 Å². The number of ether oxygens (including phenoxy) is 7. The van der Waals surface area contributed by atoms with Gasteiger partial charge in [-0.25, -0.2) is 24.4 Å². The molecule has 8 atom stereocenters. The first-order valence-electron chi connectivity index (χ1n) is 23.4. The van der Waals surface area contributed by atoms with E-state index in [0.717, 1.165) is 16.2 Å². The van der Waals surface area contributed by atoms with E-state index in [0.29, 0.717) is 53.7 Å². The summed E-state index contributed by atoms with van der Waals surface area (Å²) in [4.78, 5) is 74.7. The molecule has 0 radical (unpaired) electrons. The summed E-state index contributed by atoms with van der Waals surface area (Å²) in [6, 6.07) is 13.0. The van der Waals surface area contributed by atoms with Gasteiger partial charge in [0, 0.05) is 42.0 Å². The Labute approximate surface area is 422 Å².